The highest BCUT2D eigenvalue weighted by atomic mass is 79.9. The minimum absolute atomic E-state index is 0.921. The molecule has 154 valence electrons. The van der Waals surface area contributed by atoms with E-state index in [9.17, 15) is 0 Å². The van der Waals surface area contributed by atoms with Crippen LogP contribution < -0.4 is 4.90 Å². The number of aryl methyl sites for hydroxylation is 1. The molecule has 0 amide bonds. The molecule has 1 aliphatic rings. The van der Waals surface area contributed by atoms with Gasteiger partial charge in [-0.25, -0.2) is 9.97 Å². The molecule has 2 rings (SSSR count). The Kier molecular flexibility index (Phi) is 12.1. The van der Waals surface area contributed by atoms with Crippen LogP contribution in [0.3, 0.4) is 0 Å². The zero-order valence-corrected chi connectivity index (χ0v) is 19.1. The largest absolute Gasteiger partial charge is 0.341 e. The van der Waals surface area contributed by atoms with Gasteiger partial charge >= 0.3 is 0 Å². The molecule has 1 fully saturated rings. The summed E-state index contributed by atoms with van der Waals surface area (Å²) in [5.41, 5.74) is 1.19. The Morgan fingerprint density at radius 3 is 1.81 bits per heavy atom. The first kappa shape index (κ1) is 22.6. The minimum atomic E-state index is 0.921. The summed E-state index contributed by atoms with van der Waals surface area (Å²) in [6.45, 7) is 4.51. The van der Waals surface area contributed by atoms with E-state index in [-0.39, 0.29) is 0 Å². The second kappa shape index (κ2) is 14.4. The number of nitrogens with zero attached hydrogens (tertiary/aromatic N) is 3. The molecule has 4 heteroatoms. The van der Waals surface area contributed by atoms with E-state index < -0.39 is 0 Å². The van der Waals surface area contributed by atoms with Gasteiger partial charge in [0, 0.05) is 19.3 Å². The predicted molar refractivity (Wildman–Crippen MR) is 121 cm³/mol. The molecular formula is C23H40BrN3. The van der Waals surface area contributed by atoms with Crippen molar-refractivity contribution in [3.05, 3.63) is 16.4 Å². The molecule has 0 spiro atoms. The summed E-state index contributed by atoms with van der Waals surface area (Å²) in [4.78, 5) is 11.5. The lowest BCUT2D eigenvalue weighted by Gasteiger charge is -2.31. The van der Waals surface area contributed by atoms with Gasteiger partial charge in [0.25, 0.3) is 0 Å². The Bertz CT molecular complexity index is 502. The van der Waals surface area contributed by atoms with Crippen molar-refractivity contribution >= 4 is 21.9 Å². The van der Waals surface area contributed by atoms with Crippen LogP contribution in [0.15, 0.2) is 10.7 Å². The Morgan fingerprint density at radius 2 is 1.33 bits per heavy atom. The third-order valence-electron chi connectivity index (χ3n) is 5.71. The maximum atomic E-state index is 4.76. The number of hydrogen-bond donors (Lipinski definition) is 0. The lowest BCUT2D eigenvalue weighted by atomic mass is 10.0. The molecule has 0 bridgehead atoms. The van der Waals surface area contributed by atoms with Crippen molar-refractivity contribution in [3.8, 4) is 0 Å². The standard InChI is InChI=1S/C23H40BrN3/c1-2-3-4-5-6-7-8-9-10-11-12-13-14-15-17-22-21(24)20-25-23(26-22)27-18-16-19-27/h20H,2-19H2,1H3. The van der Waals surface area contributed by atoms with Gasteiger partial charge in [-0.3, -0.25) is 0 Å². The van der Waals surface area contributed by atoms with Gasteiger partial charge in [-0.05, 0) is 35.2 Å². The van der Waals surface area contributed by atoms with Gasteiger partial charge in [0.2, 0.25) is 5.95 Å². The molecule has 0 atom stereocenters. The summed E-state index contributed by atoms with van der Waals surface area (Å²) in [5.74, 6) is 0.921. The summed E-state index contributed by atoms with van der Waals surface area (Å²) in [6, 6.07) is 0. The number of unbranched alkanes of at least 4 members (excludes halogenated alkanes) is 13. The van der Waals surface area contributed by atoms with Gasteiger partial charge in [-0.2, -0.15) is 0 Å². The van der Waals surface area contributed by atoms with Crippen molar-refractivity contribution in [2.75, 3.05) is 18.0 Å². The Morgan fingerprint density at radius 1 is 0.815 bits per heavy atom. The van der Waals surface area contributed by atoms with Crippen LogP contribution in [0.5, 0.6) is 0 Å². The first-order chi connectivity index (χ1) is 13.3. The van der Waals surface area contributed by atoms with Gasteiger partial charge in [0.05, 0.1) is 10.2 Å². The Hall–Kier alpha value is -0.640. The second-order valence-corrected chi connectivity index (χ2v) is 9.01. The van der Waals surface area contributed by atoms with Crippen LogP contribution in [0.25, 0.3) is 0 Å². The molecule has 1 saturated heterocycles. The topological polar surface area (TPSA) is 29.0 Å². The van der Waals surface area contributed by atoms with Crippen molar-refractivity contribution in [3.63, 3.8) is 0 Å². The highest BCUT2D eigenvalue weighted by Gasteiger charge is 2.18. The summed E-state index contributed by atoms with van der Waals surface area (Å²) < 4.78 is 1.07. The van der Waals surface area contributed by atoms with Crippen molar-refractivity contribution in [1.29, 1.82) is 0 Å². The fourth-order valence-corrected chi connectivity index (χ4v) is 4.11. The van der Waals surface area contributed by atoms with Crippen LogP contribution in [0.4, 0.5) is 5.95 Å². The molecule has 1 aliphatic heterocycles. The van der Waals surface area contributed by atoms with E-state index >= 15 is 0 Å². The SMILES string of the molecule is CCCCCCCCCCCCCCCCc1nc(N2CCC2)ncc1Br. The van der Waals surface area contributed by atoms with Crippen LogP contribution in [0.2, 0.25) is 0 Å². The van der Waals surface area contributed by atoms with Gasteiger partial charge in [0.1, 0.15) is 0 Å². The molecule has 0 saturated carbocycles. The normalized spacial score (nSPS) is 13.8. The van der Waals surface area contributed by atoms with Gasteiger partial charge in [-0.1, -0.05) is 90.4 Å². The Labute approximate surface area is 175 Å². The van der Waals surface area contributed by atoms with Crippen molar-refractivity contribution in [2.24, 2.45) is 0 Å². The molecule has 0 radical (unpaired) electrons. The first-order valence-electron chi connectivity index (χ1n) is 11.6. The third-order valence-corrected chi connectivity index (χ3v) is 6.37. The Balaban J connectivity index is 1.41. The fraction of sp³-hybridized carbons (Fsp3) is 0.826. The monoisotopic (exact) mass is 437 g/mol. The van der Waals surface area contributed by atoms with E-state index in [0.29, 0.717) is 0 Å². The average molecular weight is 438 g/mol. The predicted octanol–water partition coefficient (Wildman–Crippen LogP) is 7.47. The van der Waals surface area contributed by atoms with E-state index in [0.717, 1.165) is 29.9 Å². The fourth-order valence-electron chi connectivity index (χ4n) is 3.72. The molecule has 0 unspecified atom stereocenters. The first-order valence-corrected chi connectivity index (χ1v) is 12.4. The van der Waals surface area contributed by atoms with Gasteiger partial charge < -0.3 is 4.90 Å². The lowest BCUT2D eigenvalue weighted by Crippen LogP contribution is -2.38. The van der Waals surface area contributed by atoms with E-state index in [1.165, 1.54) is 102 Å². The number of anilines is 1. The summed E-state index contributed by atoms with van der Waals surface area (Å²) in [6.07, 6.45) is 24.0. The lowest BCUT2D eigenvalue weighted by molar-refractivity contribution is 0.535. The number of halogens is 1. The average Bonchev–Trinajstić information content (AvgIpc) is 2.63. The van der Waals surface area contributed by atoms with E-state index in [1.807, 2.05) is 6.20 Å². The molecule has 2 heterocycles. The molecule has 0 N–H and O–H groups in total. The molecule has 27 heavy (non-hydrogen) atoms. The molecule has 1 aromatic rings. The van der Waals surface area contributed by atoms with Crippen molar-refractivity contribution in [1.82, 2.24) is 9.97 Å². The molecule has 0 aliphatic carbocycles. The molecule has 1 aromatic heterocycles. The number of aromatic nitrogens is 2. The maximum absolute atomic E-state index is 4.76. The van der Waals surface area contributed by atoms with Crippen LogP contribution >= 0.6 is 15.9 Å². The summed E-state index contributed by atoms with van der Waals surface area (Å²) >= 11 is 3.62. The van der Waals surface area contributed by atoms with Crippen LogP contribution in [0.1, 0.15) is 109 Å². The van der Waals surface area contributed by atoms with Gasteiger partial charge in [-0.15, -0.1) is 0 Å². The van der Waals surface area contributed by atoms with E-state index in [4.69, 9.17) is 4.98 Å². The second-order valence-electron chi connectivity index (χ2n) is 8.15. The van der Waals surface area contributed by atoms with E-state index in [2.05, 4.69) is 32.7 Å². The van der Waals surface area contributed by atoms with Gasteiger partial charge in [0.15, 0.2) is 0 Å². The van der Waals surface area contributed by atoms with Crippen LogP contribution in [-0.2, 0) is 6.42 Å². The van der Waals surface area contributed by atoms with E-state index in [1.54, 1.807) is 0 Å². The highest BCUT2D eigenvalue weighted by Crippen LogP contribution is 2.22. The van der Waals surface area contributed by atoms with Crippen molar-refractivity contribution < 1.29 is 0 Å². The van der Waals surface area contributed by atoms with Crippen LogP contribution in [0, 0.1) is 0 Å². The zero-order valence-electron chi connectivity index (χ0n) is 17.5. The summed E-state index contributed by atoms with van der Waals surface area (Å²) in [7, 11) is 0. The smallest absolute Gasteiger partial charge is 0.225 e. The zero-order chi connectivity index (χ0) is 19.2. The highest BCUT2D eigenvalue weighted by molar-refractivity contribution is 9.10. The number of hydrogen-bond acceptors (Lipinski definition) is 3. The number of rotatable bonds is 16. The molecular weight excluding hydrogens is 398 g/mol. The molecule has 0 aromatic carbocycles. The molecule has 3 nitrogen and oxygen atoms in total. The maximum Gasteiger partial charge on any atom is 0.225 e. The van der Waals surface area contributed by atoms with Crippen molar-refractivity contribution in [2.45, 2.75) is 110 Å². The minimum Gasteiger partial charge on any atom is -0.341 e. The third kappa shape index (κ3) is 9.40. The van der Waals surface area contributed by atoms with Crippen LogP contribution in [-0.4, -0.2) is 23.1 Å². The quantitative estimate of drug-likeness (QED) is 0.251. The summed E-state index contributed by atoms with van der Waals surface area (Å²) in [5, 5.41) is 0.